The molecule has 1 aliphatic rings. The van der Waals surface area contributed by atoms with Crippen LogP contribution in [0.3, 0.4) is 0 Å². The van der Waals surface area contributed by atoms with Gasteiger partial charge in [-0.15, -0.1) is 0 Å². The molecule has 1 amide bonds. The van der Waals surface area contributed by atoms with Gasteiger partial charge in [-0.3, -0.25) is 10.1 Å². The molecule has 0 fully saturated rings. The molecule has 1 aliphatic heterocycles. The first-order valence-corrected chi connectivity index (χ1v) is 3.91. The maximum absolute atomic E-state index is 10.9. The lowest BCUT2D eigenvalue weighted by molar-refractivity contribution is -0.121. The van der Waals surface area contributed by atoms with Crippen LogP contribution in [0.5, 0.6) is 0 Å². The van der Waals surface area contributed by atoms with Crippen LogP contribution in [-0.2, 0) is 9.53 Å². The number of hydrogen-bond donors (Lipinski definition) is 4. The molecule has 4 N–H and O–H groups in total. The molecule has 6 heteroatoms. The van der Waals surface area contributed by atoms with E-state index in [0.717, 1.165) is 6.61 Å². The first kappa shape index (κ1) is 10.2. The van der Waals surface area contributed by atoms with Crippen LogP contribution in [0.15, 0.2) is 23.2 Å². The molecule has 1 heterocycles. The van der Waals surface area contributed by atoms with Crippen LogP contribution in [0, 0.1) is 6.61 Å². The number of amides is 1. The Bertz CT molecular complexity index is 318. The quantitative estimate of drug-likeness (QED) is 0.527. The lowest BCUT2D eigenvalue weighted by Gasteiger charge is -2.16. The van der Waals surface area contributed by atoms with Gasteiger partial charge in [0.05, 0.1) is 0 Å². The van der Waals surface area contributed by atoms with Crippen molar-refractivity contribution in [3.63, 3.8) is 0 Å². The van der Waals surface area contributed by atoms with Crippen LogP contribution < -0.4 is 5.32 Å². The van der Waals surface area contributed by atoms with Crippen molar-refractivity contribution < 1.29 is 24.9 Å². The normalized spacial score (nSPS) is 16.6. The maximum Gasteiger partial charge on any atom is 0.242 e. The van der Waals surface area contributed by atoms with Crippen LogP contribution in [0.25, 0.3) is 0 Å². The summed E-state index contributed by atoms with van der Waals surface area (Å²) in [6.07, 6.45) is 0.205. The van der Waals surface area contributed by atoms with E-state index in [0.29, 0.717) is 0 Å². The summed E-state index contributed by atoms with van der Waals surface area (Å²) in [5, 5.41) is 29.4. The van der Waals surface area contributed by atoms with Crippen LogP contribution in [0.2, 0.25) is 0 Å². The summed E-state index contributed by atoms with van der Waals surface area (Å²) < 4.78 is 4.65. The van der Waals surface area contributed by atoms with Gasteiger partial charge in [-0.05, 0) is 0 Å². The van der Waals surface area contributed by atoms with Crippen molar-refractivity contribution in [1.82, 2.24) is 5.32 Å². The molecule has 0 aromatic heterocycles. The molecule has 0 aromatic carbocycles. The summed E-state index contributed by atoms with van der Waals surface area (Å²) >= 11 is 0. The fourth-order valence-electron chi connectivity index (χ4n) is 0.759. The van der Waals surface area contributed by atoms with E-state index in [9.17, 15) is 9.90 Å². The molecule has 0 saturated heterocycles. The van der Waals surface area contributed by atoms with E-state index in [1.165, 1.54) is 0 Å². The van der Waals surface area contributed by atoms with Gasteiger partial charge < -0.3 is 20.1 Å². The van der Waals surface area contributed by atoms with Crippen molar-refractivity contribution in [2.75, 3.05) is 0 Å². The second kappa shape index (κ2) is 3.91. The van der Waals surface area contributed by atoms with Gasteiger partial charge in [0.2, 0.25) is 29.9 Å². The number of aliphatic hydroxyl groups is 3. The summed E-state index contributed by atoms with van der Waals surface area (Å²) in [4.78, 5) is 10.9. The minimum atomic E-state index is -0.734. The van der Waals surface area contributed by atoms with E-state index in [2.05, 4.69) is 10.1 Å². The van der Waals surface area contributed by atoms with Gasteiger partial charge in [-0.1, -0.05) is 6.92 Å². The molecule has 0 bridgehead atoms. The average molecular weight is 200 g/mol. The topological polar surface area (TPSA) is 99.0 Å². The van der Waals surface area contributed by atoms with Crippen LogP contribution in [-0.4, -0.2) is 21.2 Å². The summed E-state index contributed by atoms with van der Waals surface area (Å²) in [7, 11) is 0. The van der Waals surface area contributed by atoms with Crippen molar-refractivity contribution in [2.24, 2.45) is 0 Å². The van der Waals surface area contributed by atoms with Gasteiger partial charge >= 0.3 is 0 Å². The first-order chi connectivity index (χ1) is 6.56. The van der Waals surface area contributed by atoms with E-state index in [4.69, 9.17) is 10.2 Å². The Labute approximate surface area is 80.1 Å². The third kappa shape index (κ3) is 1.90. The second-order valence-electron chi connectivity index (χ2n) is 2.55. The summed E-state index contributed by atoms with van der Waals surface area (Å²) in [5.41, 5.74) is 0. The monoisotopic (exact) mass is 200 g/mol. The zero-order valence-electron chi connectivity index (χ0n) is 7.44. The highest BCUT2D eigenvalue weighted by Gasteiger charge is 2.23. The van der Waals surface area contributed by atoms with E-state index in [1.807, 2.05) is 0 Å². The predicted octanol–water partition coefficient (Wildman–Crippen LogP) is 0.759. The first-order valence-electron chi connectivity index (χ1n) is 3.91. The number of hydrogen-bond acceptors (Lipinski definition) is 5. The Hall–Kier alpha value is -1.85. The van der Waals surface area contributed by atoms with E-state index >= 15 is 0 Å². The molecule has 0 aliphatic carbocycles. The number of aliphatic hydroxyl groups excluding tert-OH is 3. The molecule has 1 radical (unpaired) electrons. The van der Waals surface area contributed by atoms with Crippen molar-refractivity contribution >= 4 is 5.91 Å². The molecular weight excluding hydrogens is 190 g/mol. The minimum absolute atomic E-state index is 0.205. The third-order valence-corrected chi connectivity index (χ3v) is 1.54. The Morgan fingerprint density at radius 1 is 1.43 bits per heavy atom. The van der Waals surface area contributed by atoms with Crippen LogP contribution in [0.1, 0.15) is 13.3 Å². The smallest absolute Gasteiger partial charge is 0.242 e. The van der Waals surface area contributed by atoms with Crippen LogP contribution in [0.4, 0.5) is 0 Å². The predicted molar refractivity (Wildman–Crippen MR) is 45.8 cm³/mol. The second-order valence-corrected chi connectivity index (χ2v) is 2.55. The SMILES string of the molecule is CCC(=O)NC1=C(O)C(O)=C(O)[CH]O1. The van der Waals surface area contributed by atoms with Gasteiger partial charge in [0.15, 0.2) is 5.76 Å². The van der Waals surface area contributed by atoms with Crippen molar-refractivity contribution in [3.8, 4) is 0 Å². The number of carbonyl (C=O) groups excluding carboxylic acids is 1. The molecule has 0 aromatic rings. The highest BCUT2D eigenvalue weighted by Crippen LogP contribution is 2.20. The van der Waals surface area contributed by atoms with E-state index < -0.39 is 17.3 Å². The molecule has 0 spiro atoms. The fourth-order valence-corrected chi connectivity index (χ4v) is 0.759. The van der Waals surface area contributed by atoms with Gasteiger partial charge in [0, 0.05) is 6.42 Å². The van der Waals surface area contributed by atoms with E-state index in [1.54, 1.807) is 6.92 Å². The van der Waals surface area contributed by atoms with Crippen molar-refractivity contribution in [3.05, 3.63) is 29.8 Å². The van der Waals surface area contributed by atoms with Crippen LogP contribution >= 0.6 is 0 Å². The zero-order chi connectivity index (χ0) is 10.7. The van der Waals surface area contributed by atoms with Gasteiger partial charge in [0.25, 0.3) is 0 Å². The Kier molecular flexibility index (Phi) is 2.85. The molecule has 77 valence electrons. The lowest BCUT2D eigenvalue weighted by atomic mass is 10.3. The minimum Gasteiger partial charge on any atom is -0.505 e. The summed E-state index contributed by atoms with van der Waals surface area (Å²) in [6, 6.07) is 0. The third-order valence-electron chi connectivity index (χ3n) is 1.54. The largest absolute Gasteiger partial charge is 0.505 e. The maximum atomic E-state index is 10.9. The molecule has 6 nitrogen and oxygen atoms in total. The molecule has 0 unspecified atom stereocenters. The standard InChI is InChI=1S/C8H10NO5/c1-2-5(11)9-8-7(13)6(12)4(10)3-14-8/h3,10,12-13H,2H2,1H3,(H,9,11). The highest BCUT2D eigenvalue weighted by atomic mass is 16.5. The zero-order valence-corrected chi connectivity index (χ0v) is 7.44. The summed E-state index contributed by atoms with van der Waals surface area (Å²) in [6.45, 7) is 2.42. The van der Waals surface area contributed by atoms with Crippen molar-refractivity contribution in [2.45, 2.75) is 13.3 Å². The number of nitrogens with one attached hydrogen (secondary N) is 1. The lowest BCUT2D eigenvalue weighted by Crippen LogP contribution is -2.27. The molecule has 14 heavy (non-hydrogen) atoms. The number of ether oxygens (including phenoxy) is 1. The molecule has 0 atom stereocenters. The Morgan fingerprint density at radius 3 is 2.64 bits per heavy atom. The Balaban J connectivity index is 2.84. The Morgan fingerprint density at radius 2 is 2.07 bits per heavy atom. The number of rotatable bonds is 2. The fraction of sp³-hybridized carbons (Fsp3) is 0.250. The summed E-state index contributed by atoms with van der Waals surface area (Å²) in [5.74, 6) is -2.72. The molecule has 0 saturated carbocycles. The van der Waals surface area contributed by atoms with Crippen molar-refractivity contribution in [1.29, 1.82) is 0 Å². The molecule has 1 rings (SSSR count). The van der Waals surface area contributed by atoms with E-state index in [-0.39, 0.29) is 18.2 Å². The number of carbonyl (C=O) groups is 1. The molecular formula is C8H10NO5. The highest BCUT2D eigenvalue weighted by molar-refractivity contribution is 5.77. The van der Waals surface area contributed by atoms with Gasteiger partial charge in [-0.2, -0.15) is 0 Å². The van der Waals surface area contributed by atoms with Gasteiger partial charge in [0.1, 0.15) is 0 Å². The van der Waals surface area contributed by atoms with Gasteiger partial charge in [-0.25, -0.2) is 0 Å². The average Bonchev–Trinajstić information content (AvgIpc) is 2.19.